The van der Waals surface area contributed by atoms with Crippen LogP contribution in [0.3, 0.4) is 0 Å². The number of benzene rings is 3. The zero-order chi connectivity index (χ0) is 19.3. The summed E-state index contributed by atoms with van der Waals surface area (Å²) in [6.45, 7) is 0.750. The van der Waals surface area contributed by atoms with Crippen LogP contribution in [0, 0.1) is 0 Å². The number of imidazole rings is 1. The van der Waals surface area contributed by atoms with Gasteiger partial charge in [-0.25, -0.2) is 9.55 Å². The Bertz CT molecular complexity index is 1110. The van der Waals surface area contributed by atoms with Gasteiger partial charge in [0, 0.05) is 10.2 Å². The Labute approximate surface area is 176 Å². The molecule has 0 unspecified atom stereocenters. The maximum absolute atomic E-state index is 12.4. The Morgan fingerprint density at radius 2 is 1.79 bits per heavy atom. The van der Waals surface area contributed by atoms with Crippen molar-refractivity contribution in [3.05, 3.63) is 88.9 Å². The van der Waals surface area contributed by atoms with Crippen LogP contribution in [-0.2, 0) is 11.3 Å². The van der Waals surface area contributed by atoms with E-state index in [0.29, 0.717) is 5.75 Å². The first-order valence-electron chi connectivity index (χ1n) is 8.92. The van der Waals surface area contributed by atoms with Crippen LogP contribution < -0.4 is 9.88 Å². The van der Waals surface area contributed by atoms with Gasteiger partial charge in [0.2, 0.25) is 5.91 Å². The van der Waals surface area contributed by atoms with E-state index in [0.717, 1.165) is 32.9 Å². The fourth-order valence-electron chi connectivity index (χ4n) is 3.04. The highest BCUT2D eigenvalue weighted by Crippen LogP contribution is 2.20. The van der Waals surface area contributed by atoms with Crippen LogP contribution >= 0.6 is 27.7 Å². The molecule has 140 valence electrons. The molecule has 4 rings (SSSR count). The summed E-state index contributed by atoms with van der Waals surface area (Å²) in [4.78, 5) is 15.9. The molecule has 4 aromatic rings. The third-order valence-corrected chi connectivity index (χ3v) is 5.81. The van der Waals surface area contributed by atoms with Crippen molar-refractivity contribution in [1.29, 1.82) is 0 Å². The molecule has 0 aliphatic carbocycles. The quantitative estimate of drug-likeness (QED) is 0.319. The third-order valence-electron chi connectivity index (χ3n) is 4.31. The second-order valence-corrected chi connectivity index (χ2v) is 8.25. The van der Waals surface area contributed by atoms with E-state index in [1.807, 2.05) is 54.6 Å². The van der Waals surface area contributed by atoms with Crippen molar-refractivity contribution in [2.45, 2.75) is 11.7 Å². The first-order chi connectivity index (χ1) is 13.7. The SMILES string of the molecule is O=C(CSc1[nH]c2ccccc2[n+]1Cc1ccccc1)Nc1cccc(Br)c1. The summed E-state index contributed by atoms with van der Waals surface area (Å²) in [5.74, 6) is 0.293. The second kappa shape index (κ2) is 8.63. The maximum atomic E-state index is 12.4. The van der Waals surface area contributed by atoms with Gasteiger partial charge >= 0.3 is 5.16 Å². The van der Waals surface area contributed by atoms with E-state index in [2.05, 4.69) is 55.1 Å². The van der Waals surface area contributed by atoms with Gasteiger partial charge in [-0.1, -0.05) is 64.5 Å². The summed E-state index contributed by atoms with van der Waals surface area (Å²) in [7, 11) is 0. The van der Waals surface area contributed by atoms with Crippen molar-refractivity contribution >= 4 is 50.3 Å². The van der Waals surface area contributed by atoms with Crippen LogP contribution in [0.15, 0.2) is 88.5 Å². The predicted octanol–water partition coefficient (Wildman–Crippen LogP) is 5.00. The summed E-state index contributed by atoms with van der Waals surface area (Å²) in [5, 5.41) is 3.91. The average Bonchev–Trinajstić information content (AvgIpc) is 3.05. The number of amides is 1. The smallest absolute Gasteiger partial charge is 0.317 e. The van der Waals surface area contributed by atoms with E-state index in [9.17, 15) is 4.79 Å². The molecule has 0 spiro atoms. The Kier molecular flexibility index (Phi) is 5.78. The number of halogens is 1. The van der Waals surface area contributed by atoms with Gasteiger partial charge in [-0.15, -0.1) is 0 Å². The molecule has 0 fully saturated rings. The Hall–Kier alpha value is -2.57. The number of hydrogen-bond donors (Lipinski definition) is 2. The molecule has 6 heteroatoms. The number of hydrogen-bond acceptors (Lipinski definition) is 2. The van der Waals surface area contributed by atoms with E-state index in [1.54, 1.807) is 0 Å². The lowest BCUT2D eigenvalue weighted by atomic mass is 10.2. The third kappa shape index (κ3) is 4.46. The van der Waals surface area contributed by atoms with Crippen molar-refractivity contribution in [2.75, 3.05) is 11.1 Å². The summed E-state index contributed by atoms with van der Waals surface area (Å²) in [5.41, 5.74) is 4.20. The molecule has 3 aromatic carbocycles. The Balaban J connectivity index is 1.53. The zero-order valence-electron chi connectivity index (χ0n) is 15.1. The zero-order valence-corrected chi connectivity index (χ0v) is 17.5. The van der Waals surface area contributed by atoms with Gasteiger partial charge in [-0.2, -0.15) is 0 Å². The normalized spacial score (nSPS) is 10.9. The molecule has 0 atom stereocenters. The number of nitrogens with one attached hydrogen (secondary N) is 2. The van der Waals surface area contributed by atoms with Crippen LogP contribution in [0.25, 0.3) is 11.0 Å². The molecule has 1 heterocycles. The van der Waals surface area contributed by atoms with Crippen molar-refractivity contribution in [3.63, 3.8) is 0 Å². The monoisotopic (exact) mass is 452 g/mol. The van der Waals surface area contributed by atoms with Gasteiger partial charge in [-0.05, 0) is 47.7 Å². The average molecular weight is 453 g/mol. The van der Waals surface area contributed by atoms with Crippen LogP contribution in [0.4, 0.5) is 5.69 Å². The topological polar surface area (TPSA) is 48.8 Å². The van der Waals surface area contributed by atoms with Gasteiger partial charge in [-0.3, -0.25) is 4.79 Å². The minimum absolute atomic E-state index is 0.0342. The summed E-state index contributed by atoms with van der Waals surface area (Å²) in [6.07, 6.45) is 0. The molecule has 0 radical (unpaired) electrons. The van der Waals surface area contributed by atoms with E-state index < -0.39 is 0 Å². The number of para-hydroxylation sites is 2. The van der Waals surface area contributed by atoms with Crippen LogP contribution in [-0.4, -0.2) is 16.6 Å². The van der Waals surface area contributed by atoms with Crippen molar-refractivity contribution in [1.82, 2.24) is 4.98 Å². The number of aromatic amines is 1. The highest BCUT2D eigenvalue weighted by molar-refractivity contribution is 9.10. The molecular formula is C22H19BrN3OS+. The minimum atomic E-state index is -0.0342. The van der Waals surface area contributed by atoms with E-state index in [1.165, 1.54) is 17.3 Å². The van der Waals surface area contributed by atoms with E-state index >= 15 is 0 Å². The summed E-state index contributed by atoms with van der Waals surface area (Å²) < 4.78 is 3.16. The van der Waals surface area contributed by atoms with Crippen LogP contribution in [0.1, 0.15) is 5.56 Å². The summed E-state index contributed by atoms with van der Waals surface area (Å²) >= 11 is 4.93. The van der Waals surface area contributed by atoms with Gasteiger partial charge in [0.1, 0.15) is 6.54 Å². The van der Waals surface area contributed by atoms with Crippen molar-refractivity contribution < 1.29 is 9.36 Å². The number of fused-ring (bicyclic) bond motifs is 1. The standard InChI is InChI=1S/C22H18BrN3OS/c23-17-9-6-10-18(13-17)24-21(27)15-28-22-25-19-11-4-5-12-20(19)26(22)14-16-7-2-1-3-8-16/h1-13H,14-15H2,(H,24,27)/p+1. The Morgan fingerprint density at radius 1 is 1.00 bits per heavy atom. The number of aromatic nitrogens is 2. The predicted molar refractivity (Wildman–Crippen MR) is 118 cm³/mol. The van der Waals surface area contributed by atoms with Crippen LogP contribution in [0.5, 0.6) is 0 Å². The lowest BCUT2D eigenvalue weighted by Gasteiger charge is -2.05. The number of H-pyrrole nitrogens is 1. The Morgan fingerprint density at radius 3 is 2.61 bits per heavy atom. The fraction of sp³-hybridized carbons (Fsp3) is 0.0909. The number of thioether (sulfide) groups is 1. The molecule has 4 nitrogen and oxygen atoms in total. The molecular weight excluding hydrogens is 434 g/mol. The highest BCUT2D eigenvalue weighted by atomic mass is 79.9. The molecule has 2 N–H and O–H groups in total. The number of carbonyl (C=O) groups excluding carboxylic acids is 1. The van der Waals surface area contributed by atoms with Crippen molar-refractivity contribution in [2.24, 2.45) is 0 Å². The second-order valence-electron chi connectivity index (χ2n) is 6.37. The van der Waals surface area contributed by atoms with Gasteiger partial charge < -0.3 is 5.32 Å². The van der Waals surface area contributed by atoms with Crippen LogP contribution in [0.2, 0.25) is 0 Å². The van der Waals surface area contributed by atoms with Gasteiger partial charge in [0.25, 0.3) is 0 Å². The summed E-state index contributed by atoms with van der Waals surface area (Å²) in [6, 6.07) is 26.1. The maximum Gasteiger partial charge on any atom is 0.317 e. The van der Waals surface area contributed by atoms with Crippen molar-refractivity contribution in [3.8, 4) is 0 Å². The lowest BCUT2D eigenvalue weighted by Crippen LogP contribution is -2.35. The molecule has 0 saturated carbocycles. The van der Waals surface area contributed by atoms with E-state index in [4.69, 9.17) is 0 Å². The molecule has 1 amide bonds. The number of carbonyl (C=O) groups is 1. The molecule has 0 bridgehead atoms. The lowest BCUT2D eigenvalue weighted by molar-refractivity contribution is -0.700. The van der Waals surface area contributed by atoms with Gasteiger partial charge in [0.05, 0.1) is 5.75 Å². The molecule has 0 aliphatic heterocycles. The number of nitrogens with zero attached hydrogens (tertiary/aromatic N) is 1. The highest BCUT2D eigenvalue weighted by Gasteiger charge is 2.20. The van der Waals surface area contributed by atoms with E-state index in [-0.39, 0.29) is 5.91 Å². The first kappa shape index (κ1) is 18.8. The molecule has 0 saturated heterocycles. The first-order valence-corrected chi connectivity index (χ1v) is 10.7. The number of rotatable bonds is 6. The largest absolute Gasteiger partial charge is 0.325 e. The minimum Gasteiger partial charge on any atom is -0.325 e. The molecule has 0 aliphatic rings. The fourth-order valence-corrected chi connectivity index (χ4v) is 4.28. The molecule has 28 heavy (non-hydrogen) atoms. The number of anilines is 1. The van der Waals surface area contributed by atoms with Gasteiger partial charge in [0.15, 0.2) is 11.0 Å². The molecule has 1 aromatic heterocycles.